The molecule has 2 heterocycles. The lowest BCUT2D eigenvalue weighted by atomic mass is 10.1. The number of imidazole rings is 1. The van der Waals surface area contributed by atoms with Crippen molar-refractivity contribution in [2.45, 2.75) is 6.04 Å². The van der Waals surface area contributed by atoms with Crippen molar-refractivity contribution in [1.29, 1.82) is 5.26 Å². The Labute approximate surface area is 145 Å². The number of para-hydroxylation sites is 2. The molecule has 1 unspecified atom stereocenters. The zero-order valence-corrected chi connectivity index (χ0v) is 13.6. The second kappa shape index (κ2) is 6.38. The summed E-state index contributed by atoms with van der Waals surface area (Å²) in [4.78, 5) is 22.8. The highest BCUT2D eigenvalue weighted by Crippen LogP contribution is 2.24. The first-order valence-electron chi connectivity index (χ1n) is 8.23. The van der Waals surface area contributed by atoms with Crippen LogP contribution < -0.4 is 5.32 Å². The number of nitriles is 1. The van der Waals surface area contributed by atoms with Crippen molar-refractivity contribution in [2.24, 2.45) is 0 Å². The van der Waals surface area contributed by atoms with E-state index in [2.05, 4.69) is 21.4 Å². The molecule has 2 aromatic carbocycles. The highest BCUT2D eigenvalue weighted by Gasteiger charge is 2.30. The molecule has 0 saturated carbocycles. The lowest BCUT2D eigenvalue weighted by Crippen LogP contribution is -2.49. The summed E-state index contributed by atoms with van der Waals surface area (Å²) in [7, 11) is 0. The number of piperazine rings is 1. The minimum absolute atomic E-state index is 0.0450. The molecule has 0 bridgehead atoms. The van der Waals surface area contributed by atoms with Gasteiger partial charge < -0.3 is 15.2 Å². The number of aromatic amines is 1. The van der Waals surface area contributed by atoms with E-state index in [1.807, 2.05) is 29.2 Å². The van der Waals surface area contributed by atoms with Crippen LogP contribution in [0.1, 0.15) is 27.8 Å². The molecule has 4 rings (SSSR count). The molecule has 0 radical (unpaired) electrons. The van der Waals surface area contributed by atoms with E-state index < -0.39 is 0 Å². The van der Waals surface area contributed by atoms with E-state index in [-0.39, 0.29) is 11.9 Å². The number of fused-ring (bicyclic) bond motifs is 1. The van der Waals surface area contributed by atoms with Gasteiger partial charge in [0.25, 0.3) is 5.91 Å². The van der Waals surface area contributed by atoms with Gasteiger partial charge in [0.2, 0.25) is 0 Å². The molecule has 3 aromatic rings. The van der Waals surface area contributed by atoms with Crippen LogP contribution in [0.4, 0.5) is 0 Å². The summed E-state index contributed by atoms with van der Waals surface area (Å²) in [5.74, 6) is 0.742. The number of rotatable bonds is 2. The van der Waals surface area contributed by atoms with Crippen molar-refractivity contribution < 1.29 is 4.79 Å². The first kappa shape index (κ1) is 15.4. The van der Waals surface area contributed by atoms with Crippen LogP contribution in [0, 0.1) is 11.3 Å². The Hall–Kier alpha value is -3.17. The van der Waals surface area contributed by atoms with Gasteiger partial charge in [0.1, 0.15) is 11.9 Å². The van der Waals surface area contributed by atoms with Crippen molar-refractivity contribution in [3.63, 3.8) is 0 Å². The number of carbonyl (C=O) groups excluding carboxylic acids is 1. The predicted octanol–water partition coefficient (Wildman–Crippen LogP) is 2.22. The Kier molecular flexibility index (Phi) is 3.92. The highest BCUT2D eigenvalue weighted by atomic mass is 16.2. The fourth-order valence-corrected chi connectivity index (χ4v) is 3.18. The Balaban J connectivity index is 1.66. The first-order valence-corrected chi connectivity index (χ1v) is 8.23. The molecule has 1 aromatic heterocycles. The summed E-state index contributed by atoms with van der Waals surface area (Å²) in [6, 6.07) is 16.5. The number of carbonyl (C=O) groups is 1. The van der Waals surface area contributed by atoms with Crippen molar-refractivity contribution in [3.8, 4) is 6.07 Å². The van der Waals surface area contributed by atoms with Gasteiger partial charge in [-0.05, 0) is 36.4 Å². The van der Waals surface area contributed by atoms with Crippen molar-refractivity contribution in [3.05, 3.63) is 65.5 Å². The maximum Gasteiger partial charge on any atom is 0.254 e. The third kappa shape index (κ3) is 2.86. The standard InChI is InChI=1S/C19H17N5O/c20-11-13-5-7-14(8-6-13)19(25)24-10-9-21-12-17(24)18-22-15-3-1-2-4-16(15)23-18/h1-8,17,21H,9-10,12H2,(H,22,23). The molecule has 124 valence electrons. The smallest absolute Gasteiger partial charge is 0.254 e. The molecule has 2 N–H and O–H groups in total. The highest BCUT2D eigenvalue weighted by molar-refractivity contribution is 5.94. The van der Waals surface area contributed by atoms with E-state index in [4.69, 9.17) is 5.26 Å². The predicted molar refractivity (Wildman–Crippen MR) is 93.9 cm³/mol. The molecule has 1 aliphatic rings. The molecule has 1 aliphatic heterocycles. The fourth-order valence-electron chi connectivity index (χ4n) is 3.18. The van der Waals surface area contributed by atoms with Gasteiger partial charge in [-0.25, -0.2) is 4.98 Å². The molecule has 6 heteroatoms. The molecule has 6 nitrogen and oxygen atoms in total. The first-order chi connectivity index (χ1) is 12.3. The molecule has 1 saturated heterocycles. The lowest BCUT2D eigenvalue weighted by Gasteiger charge is -2.35. The van der Waals surface area contributed by atoms with Gasteiger partial charge in [0.05, 0.1) is 22.7 Å². The number of nitrogens with one attached hydrogen (secondary N) is 2. The summed E-state index contributed by atoms with van der Waals surface area (Å²) in [6.07, 6.45) is 0. The normalized spacial score (nSPS) is 17.4. The molecular formula is C19H17N5O. The number of hydrogen-bond donors (Lipinski definition) is 2. The Morgan fingerprint density at radius 1 is 1.20 bits per heavy atom. The van der Waals surface area contributed by atoms with Crippen LogP contribution in [0.2, 0.25) is 0 Å². The molecule has 25 heavy (non-hydrogen) atoms. The molecule has 0 aliphatic carbocycles. The molecule has 1 atom stereocenters. The van der Waals surface area contributed by atoms with Crippen LogP contribution in [-0.2, 0) is 0 Å². The van der Waals surface area contributed by atoms with Crippen molar-refractivity contribution >= 4 is 16.9 Å². The van der Waals surface area contributed by atoms with Crippen molar-refractivity contribution in [1.82, 2.24) is 20.2 Å². The number of H-pyrrole nitrogens is 1. The minimum Gasteiger partial charge on any atom is -0.340 e. The second-order valence-electron chi connectivity index (χ2n) is 6.05. The zero-order chi connectivity index (χ0) is 17.2. The third-order valence-corrected chi connectivity index (χ3v) is 4.49. The van der Waals surface area contributed by atoms with Gasteiger partial charge >= 0.3 is 0 Å². The van der Waals surface area contributed by atoms with E-state index in [1.54, 1.807) is 24.3 Å². The summed E-state index contributed by atoms with van der Waals surface area (Å²) < 4.78 is 0. The molecular weight excluding hydrogens is 314 g/mol. The quantitative estimate of drug-likeness (QED) is 0.754. The maximum absolute atomic E-state index is 13.0. The summed E-state index contributed by atoms with van der Waals surface area (Å²) in [5.41, 5.74) is 3.00. The minimum atomic E-state index is -0.149. The van der Waals surface area contributed by atoms with E-state index in [0.29, 0.717) is 24.2 Å². The van der Waals surface area contributed by atoms with E-state index in [1.165, 1.54) is 0 Å². The Morgan fingerprint density at radius 3 is 2.76 bits per heavy atom. The van der Waals surface area contributed by atoms with Gasteiger partial charge in [-0.1, -0.05) is 12.1 Å². The van der Waals surface area contributed by atoms with Gasteiger partial charge in [0.15, 0.2) is 0 Å². The summed E-state index contributed by atoms with van der Waals surface area (Å²) >= 11 is 0. The number of aromatic nitrogens is 2. The average Bonchev–Trinajstić information content (AvgIpc) is 3.11. The largest absolute Gasteiger partial charge is 0.340 e. The van der Waals surface area contributed by atoms with E-state index >= 15 is 0 Å². The molecule has 1 fully saturated rings. The van der Waals surface area contributed by atoms with Gasteiger partial charge in [-0.2, -0.15) is 5.26 Å². The van der Waals surface area contributed by atoms with E-state index in [9.17, 15) is 4.79 Å². The average molecular weight is 331 g/mol. The third-order valence-electron chi connectivity index (χ3n) is 4.49. The van der Waals surface area contributed by atoms with Crippen molar-refractivity contribution in [2.75, 3.05) is 19.6 Å². The second-order valence-corrected chi connectivity index (χ2v) is 6.05. The van der Waals surface area contributed by atoms with Crippen LogP contribution in [0.3, 0.4) is 0 Å². The van der Waals surface area contributed by atoms with Gasteiger partial charge in [-0.15, -0.1) is 0 Å². The van der Waals surface area contributed by atoms with Gasteiger partial charge in [0, 0.05) is 25.2 Å². The van der Waals surface area contributed by atoms with Gasteiger partial charge in [-0.3, -0.25) is 4.79 Å². The van der Waals surface area contributed by atoms with E-state index in [0.717, 1.165) is 23.4 Å². The Bertz CT molecular complexity index is 921. The van der Waals surface area contributed by atoms with Crippen LogP contribution >= 0.6 is 0 Å². The number of nitrogens with zero attached hydrogens (tertiary/aromatic N) is 3. The SMILES string of the molecule is N#Cc1ccc(C(=O)N2CCNCC2c2nc3ccccc3[nH]2)cc1. The molecule has 1 amide bonds. The number of amides is 1. The number of hydrogen-bond acceptors (Lipinski definition) is 4. The zero-order valence-electron chi connectivity index (χ0n) is 13.6. The van der Waals surface area contributed by atoms with Crippen LogP contribution in [0.5, 0.6) is 0 Å². The van der Waals surface area contributed by atoms with Crippen LogP contribution in [0.15, 0.2) is 48.5 Å². The number of benzene rings is 2. The summed E-state index contributed by atoms with van der Waals surface area (Å²) in [5, 5.41) is 12.2. The topological polar surface area (TPSA) is 84.8 Å². The molecule has 0 spiro atoms. The van der Waals surface area contributed by atoms with Crippen LogP contribution in [0.25, 0.3) is 11.0 Å². The maximum atomic E-state index is 13.0. The lowest BCUT2D eigenvalue weighted by molar-refractivity contribution is 0.0625. The summed E-state index contributed by atoms with van der Waals surface area (Å²) in [6.45, 7) is 2.02. The Morgan fingerprint density at radius 2 is 2.00 bits per heavy atom. The van der Waals surface area contributed by atoms with Crippen LogP contribution in [-0.4, -0.2) is 40.4 Å². The fraction of sp³-hybridized carbons (Fsp3) is 0.211. The monoisotopic (exact) mass is 331 g/mol.